The first-order valence-corrected chi connectivity index (χ1v) is 11.2. The van der Waals surface area contributed by atoms with Crippen molar-refractivity contribution in [2.75, 3.05) is 18.4 Å². The number of nitrogens with zero attached hydrogens (tertiary/aromatic N) is 3. The van der Waals surface area contributed by atoms with Gasteiger partial charge in [-0.15, -0.1) is 0 Å². The van der Waals surface area contributed by atoms with E-state index in [1.54, 1.807) is 0 Å². The van der Waals surface area contributed by atoms with Crippen LogP contribution in [0.15, 0.2) is 59.1 Å². The average molecular weight is 467 g/mol. The molecule has 3 aromatic rings. The van der Waals surface area contributed by atoms with Crippen LogP contribution in [0.3, 0.4) is 0 Å². The Hall–Kier alpha value is -2.44. The van der Waals surface area contributed by atoms with Crippen LogP contribution in [0.25, 0.3) is 5.69 Å². The minimum Gasteiger partial charge on any atom is -0.323 e. The van der Waals surface area contributed by atoms with Crippen molar-refractivity contribution in [3.63, 3.8) is 0 Å². The van der Waals surface area contributed by atoms with Gasteiger partial charge in [-0.05, 0) is 63.1 Å². The second-order valence-corrected chi connectivity index (χ2v) is 8.76. The van der Waals surface area contributed by atoms with Crippen LogP contribution in [0.5, 0.6) is 0 Å². The fourth-order valence-corrected chi connectivity index (χ4v) is 4.69. The highest BCUT2D eigenvalue weighted by Gasteiger charge is 2.26. The number of hydrogen-bond acceptors (Lipinski definition) is 3. The number of hydrogen-bond donors (Lipinski definition) is 1. The monoisotopic (exact) mass is 466 g/mol. The summed E-state index contributed by atoms with van der Waals surface area (Å²) in [5.74, 6) is 0.0358. The number of benzene rings is 2. The number of aromatic nitrogens is 2. The second-order valence-electron chi connectivity index (χ2n) is 7.84. The highest BCUT2D eigenvalue weighted by atomic mass is 79.9. The number of para-hydroxylation sites is 1. The summed E-state index contributed by atoms with van der Waals surface area (Å²) in [5.41, 5.74) is 4.90. The van der Waals surface area contributed by atoms with Gasteiger partial charge in [0.25, 0.3) is 0 Å². The molecule has 1 saturated heterocycles. The molecule has 0 aliphatic carbocycles. The molecule has 0 saturated carbocycles. The Balaban J connectivity index is 1.40. The van der Waals surface area contributed by atoms with Crippen molar-refractivity contribution in [3.05, 3.63) is 76.0 Å². The molecule has 2 heterocycles. The number of rotatable bonds is 6. The van der Waals surface area contributed by atoms with Crippen molar-refractivity contribution in [2.45, 2.75) is 39.2 Å². The Morgan fingerprint density at radius 3 is 2.73 bits per heavy atom. The summed E-state index contributed by atoms with van der Waals surface area (Å²) in [5, 5.41) is 7.72. The normalized spacial score (nSPS) is 16.7. The minimum atomic E-state index is 0.0358. The van der Waals surface area contributed by atoms with Crippen LogP contribution in [-0.4, -0.2) is 33.7 Å². The molecule has 4 rings (SSSR count). The Bertz CT molecular complexity index is 1030. The molecular formula is C24H27BrN4O. The molecule has 156 valence electrons. The number of likely N-dealkylation sites (tertiary alicyclic amines) is 1. The Morgan fingerprint density at radius 2 is 1.97 bits per heavy atom. The number of carbonyl (C=O) groups is 1. The van der Waals surface area contributed by atoms with Gasteiger partial charge in [0.2, 0.25) is 5.91 Å². The van der Waals surface area contributed by atoms with E-state index in [2.05, 4.69) is 55.5 Å². The Labute approximate surface area is 186 Å². The molecule has 1 unspecified atom stereocenters. The summed E-state index contributed by atoms with van der Waals surface area (Å²) in [6.07, 6.45) is 2.78. The first-order valence-electron chi connectivity index (χ1n) is 10.4. The number of amides is 1. The van der Waals surface area contributed by atoms with E-state index < -0.39 is 0 Å². The maximum Gasteiger partial charge on any atom is 0.225 e. The molecule has 2 aromatic carbocycles. The standard InChI is InChI=1S/C24H27BrN4O/c1-17-24(18(2)29(27-17)21-10-4-3-5-11-21)26-23(30)13-15-28-14-7-12-22(28)19-8-6-9-20(25)16-19/h3-6,8-11,16,22H,7,12-15H2,1-2H3,(H,26,30). The summed E-state index contributed by atoms with van der Waals surface area (Å²) < 4.78 is 2.99. The van der Waals surface area contributed by atoms with Crippen molar-refractivity contribution in [2.24, 2.45) is 0 Å². The largest absolute Gasteiger partial charge is 0.323 e. The van der Waals surface area contributed by atoms with Crippen LogP contribution < -0.4 is 5.32 Å². The predicted octanol–water partition coefficient (Wildman–Crippen LogP) is 5.42. The third-order valence-corrected chi connectivity index (χ3v) is 6.27. The van der Waals surface area contributed by atoms with Crippen LogP contribution in [0, 0.1) is 13.8 Å². The van der Waals surface area contributed by atoms with Gasteiger partial charge in [0, 0.05) is 23.5 Å². The molecule has 1 atom stereocenters. The van der Waals surface area contributed by atoms with Crippen LogP contribution >= 0.6 is 15.9 Å². The van der Waals surface area contributed by atoms with E-state index in [9.17, 15) is 4.79 Å². The number of anilines is 1. The van der Waals surface area contributed by atoms with Gasteiger partial charge in [-0.3, -0.25) is 9.69 Å². The van der Waals surface area contributed by atoms with Crippen molar-refractivity contribution in [3.8, 4) is 5.69 Å². The van der Waals surface area contributed by atoms with Crippen LogP contribution in [-0.2, 0) is 4.79 Å². The zero-order valence-electron chi connectivity index (χ0n) is 17.4. The second kappa shape index (κ2) is 9.14. The van der Waals surface area contributed by atoms with Crippen molar-refractivity contribution in [1.82, 2.24) is 14.7 Å². The molecule has 0 bridgehead atoms. The van der Waals surface area contributed by atoms with Gasteiger partial charge >= 0.3 is 0 Å². The predicted molar refractivity (Wildman–Crippen MR) is 124 cm³/mol. The smallest absolute Gasteiger partial charge is 0.225 e. The maximum atomic E-state index is 12.7. The van der Waals surface area contributed by atoms with Gasteiger partial charge in [-0.25, -0.2) is 4.68 Å². The molecule has 1 fully saturated rings. The summed E-state index contributed by atoms with van der Waals surface area (Å²) in [6, 6.07) is 18.9. The number of aryl methyl sites for hydroxylation is 1. The summed E-state index contributed by atoms with van der Waals surface area (Å²) in [6.45, 7) is 5.72. The molecule has 1 aliphatic rings. The zero-order valence-corrected chi connectivity index (χ0v) is 19.0. The third kappa shape index (κ3) is 4.50. The van der Waals surface area contributed by atoms with E-state index >= 15 is 0 Å². The van der Waals surface area contributed by atoms with Gasteiger partial charge < -0.3 is 5.32 Å². The zero-order chi connectivity index (χ0) is 21.1. The quantitative estimate of drug-likeness (QED) is 0.527. The fourth-order valence-electron chi connectivity index (χ4n) is 4.28. The van der Waals surface area contributed by atoms with E-state index in [0.29, 0.717) is 12.5 Å². The summed E-state index contributed by atoms with van der Waals surface area (Å²) in [4.78, 5) is 15.2. The lowest BCUT2D eigenvalue weighted by Gasteiger charge is -2.24. The van der Waals surface area contributed by atoms with E-state index in [0.717, 1.165) is 46.7 Å². The maximum absolute atomic E-state index is 12.7. The van der Waals surface area contributed by atoms with Crippen molar-refractivity contribution in [1.29, 1.82) is 0 Å². The molecule has 1 aromatic heterocycles. The molecule has 30 heavy (non-hydrogen) atoms. The topological polar surface area (TPSA) is 50.2 Å². The lowest BCUT2D eigenvalue weighted by atomic mass is 10.0. The van der Waals surface area contributed by atoms with Gasteiger partial charge in [-0.2, -0.15) is 5.10 Å². The van der Waals surface area contributed by atoms with Crippen LogP contribution in [0.1, 0.15) is 42.3 Å². The van der Waals surface area contributed by atoms with Gasteiger partial charge in [0.15, 0.2) is 0 Å². The van der Waals surface area contributed by atoms with E-state index in [1.807, 2.05) is 48.9 Å². The van der Waals surface area contributed by atoms with Crippen LogP contribution in [0.4, 0.5) is 5.69 Å². The molecule has 5 nitrogen and oxygen atoms in total. The Morgan fingerprint density at radius 1 is 1.17 bits per heavy atom. The Kier molecular flexibility index (Phi) is 6.35. The van der Waals surface area contributed by atoms with Gasteiger partial charge in [0.1, 0.15) is 0 Å². The first-order chi connectivity index (χ1) is 14.5. The molecule has 1 aliphatic heterocycles. The molecule has 1 amide bonds. The highest BCUT2D eigenvalue weighted by molar-refractivity contribution is 9.10. The van der Waals surface area contributed by atoms with E-state index in [1.165, 1.54) is 12.0 Å². The van der Waals surface area contributed by atoms with Gasteiger partial charge in [-0.1, -0.05) is 46.3 Å². The molecule has 0 spiro atoms. The highest BCUT2D eigenvalue weighted by Crippen LogP contribution is 2.33. The third-order valence-electron chi connectivity index (χ3n) is 5.78. The lowest BCUT2D eigenvalue weighted by molar-refractivity contribution is -0.116. The first kappa shape index (κ1) is 20.8. The van der Waals surface area contributed by atoms with E-state index in [-0.39, 0.29) is 5.91 Å². The van der Waals surface area contributed by atoms with Crippen molar-refractivity contribution >= 4 is 27.5 Å². The SMILES string of the molecule is Cc1nn(-c2ccccc2)c(C)c1NC(=O)CCN1CCCC1c1cccc(Br)c1. The fraction of sp³-hybridized carbons (Fsp3) is 0.333. The molecule has 0 radical (unpaired) electrons. The summed E-state index contributed by atoms with van der Waals surface area (Å²) in [7, 11) is 0. The number of carbonyl (C=O) groups excluding carboxylic acids is 1. The number of nitrogens with one attached hydrogen (secondary N) is 1. The minimum absolute atomic E-state index is 0.0358. The summed E-state index contributed by atoms with van der Waals surface area (Å²) >= 11 is 3.57. The lowest BCUT2D eigenvalue weighted by Crippen LogP contribution is -2.27. The van der Waals surface area contributed by atoms with Crippen LogP contribution in [0.2, 0.25) is 0 Å². The molecule has 1 N–H and O–H groups in total. The number of halogens is 1. The van der Waals surface area contributed by atoms with Gasteiger partial charge in [0.05, 0.1) is 22.8 Å². The molecule has 6 heteroatoms. The van der Waals surface area contributed by atoms with Crippen molar-refractivity contribution < 1.29 is 4.79 Å². The average Bonchev–Trinajstić information content (AvgIpc) is 3.33. The molecular weight excluding hydrogens is 440 g/mol. The van der Waals surface area contributed by atoms with E-state index in [4.69, 9.17) is 0 Å².